The van der Waals surface area contributed by atoms with Gasteiger partial charge in [-0.25, -0.2) is 8.78 Å². The molecule has 0 N–H and O–H groups in total. The van der Waals surface area contributed by atoms with Gasteiger partial charge in [-0.1, -0.05) is 18.6 Å². The van der Waals surface area contributed by atoms with E-state index in [9.17, 15) is 8.78 Å². The summed E-state index contributed by atoms with van der Waals surface area (Å²) in [5.41, 5.74) is 1.22. The van der Waals surface area contributed by atoms with Crippen molar-refractivity contribution in [2.45, 2.75) is 38.5 Å². The fraction of sp³-hybridized carbons (Fsp3) is 0.400. The fourth-order valence-electron chi connectivity index (χ4n) is 2.37. The van der Waals surface area contributed by atoms with Crippen molar-refractivity contribution in [1.29, 1.82) is 5.26 Å². The highest BCUT2D eigenvalue weighted by Crippen LogP contribution is 2.39. The zero-order valence-corrected chi connectivity index (χ0v) is 10.6. The van der Waals surface area contributed by atoms with E-state index in [1.807, 2.05) is 6.92 Å². The van der Waals surface area contributed by atoms with E-state index in [0.29, 0.717) is 5.56 Å². The smallest absolute Gasteiger partial charge is 0.144 e. The molecule has 94 valence electrons. The first-order valence-corrected chi connectivity index (χ1v) is 6.01. The summed E-state index contributed by atoms with van der Waals surface area (Å²) in [6.07, 6.45) is 4.72. The molecule has 1 nitrogen and oxygen atoms in total. The number of hydrogen-bond acceptors (Lipinski definition) is 1. The molecule has 0 saturated carbocycles. The summed E-state index contributed by atoms with van der Waals surface area (Å²) in [5, 5.41) is 8.66. The van der Waals surface area contributed by atoms with Gasteiger partial charge in [0.2, 0.25) is 0 Å². The second-order valence-corrected chi connectivity index (χ2v) is 5.24. The second kappa shape index (κ2) is 4.53. The molecule has 0 aliphatic heterocycles. The molecule has 1 unspecified atom stereocenters. The first kappa shape index (κ1) is 12.8. The topological polar surface area (TPSA) is 23.8 Å². The van der Waals surface area contributed by atoms with Crippen LogP contribution in [-0.4, -0.2) is 0 Å². The number of allylic oxidation sites excluding steroid dienone is 2. The van der Waals surface area contributed by atoms with Crippen molar-refractivity contribution in [1.82, 2.24) is 0 Å². The summed E-state index contributed by atoms with van der Waals surface area (Å²) >= 11 is 0. The van der Waals surface area contributed by atoms with E-state index in [4.69, 9.17) is 5.26 Å². The molecular weight excluding hydrogens is 232 g/mol. The highest BCUT2D eigenvalue weighted by atomic mass is 19.1. The Morgan fingerprint density at radius 2 is 1.89 bits per heavy atom. The first-order chi connectivity index (χ1) is 8.46. The molecular formula is C15H15F2N. The Balaban J connectivity index is 2.44. The van der Waals surface area contributed by atoms with Gasteiger partial charge in [0.05, 0.1) is 0 Å². The summed E-state index contributed by atoms with van der Waals surface area (Å²) in [6.45, 7) is 4.08. The number of benzene rings is 1. The van der Waals surface area contributed by atoms with Crippen molar-refractivity contribution in [2.24, 2.45) is 0 Å². The van der Waals surface area contributed by atoms with Crippen molar-refractivity contribution in [3.05, 3.63) is 46.5 Å². The third-order valence-electron chi connectivity index (χ3n) is 3.82. The molecule has 1 aliphatic carbocycles. The number of halogens is 2. The van der Waals surface area contributed by atoms with Gasteiger partial charge in [0.15, 0.2) is 0 Å². The van der Waals surface area contributed by atoms with E-state index in [1.54, 1.807) is 6.07 Å². The highest BCUT2D eigenvalue weighted by molar-refractivity contribution is 5.38. The maximum absolute atomic E-state index is 13.6. The van der Waals surface area contributed by atoms with Crippen LogP contribution in [0.5, 0.6) is 0 Å². The van der Waals surface area contributed by atoms with Crippen LogP contribution in [-0.2, 0) is 5.41 Å². The molecule has 0 spiro atoms. The van der Waals surface area contributed by atoms with Crippen LogP contribution >= 0.6 is 0 Å². The molecule has 1 aliphatic rings. The fourth-order valence-corrected chi connectivity index (χ4v) is 2.37. The molecule has 2 rings (SSSR count). The average molecular weight is 247 g/mol. The van der Waals surface area contributed by atoms with Gasteiger partial charge >= 0.3 is 0 Å². The molecule has 1 atom stereocenters. The van der Waals surface area contributed by atoms with E-state index >= 15 is 0 Å². The van der Waals surface area contributed by atoms with Crippen LogP contribution in [0, 0.1) is 23.0 Å². The molecule has 0 amide bonds. The van der Waals surface area contributed by atoms with Crippen molar-refractivity contribution in [3.63, 3.8) is 0 Å². The molecule has 0 heterocycles. The maximum atomic E-state index is 13.6. The van der Waals surface area contributed by atoms with Gasteiger partial charge in [0, 0.05) is 0 Å². The van der Waals surface area contributed by atoms with Crippen molar-refractivity contribution >= 4 is 0 Å². The summed E-state index contributed by atoms with van der Waals surface area (Å²) in [6, 6.07) is 4.15. The summed E-state index contributed by atoms with van der Waals surface area (Å²) in [7, 11) is 0. The number of nitriles is 1. The van der Waals surface area contributed by atoms with Crippen molar-refractivity contribution in [2.75, 3.05) is 0 Å². The van der Waals surface area contributed by atoms with E-state index in [1.165, 1.54) is 17.7 Å². The Kier molecular flexibility index (Phi) is 3.21. The molecule has 3 heteroatoms. The van der Waals surface area contributed by atoms with Gasteiger partial charge in [-0.3, -0.25) is 0 Å². The standard InChI is InChI=1S/C15H15F2N/c1-10-3-5-15(2,6-4-10)11-7-13(16)12(9-18)14(17)8-11/h3,7-8H,4-6H2,1-2H3. The van der Waals surface area contributed by atoms with Crippen LogP contribution in [0.3, 0.4) is 0 Å². The van der Waals surface area contributed by atoms with Crippen LogP contribution in [0.25, 0.3) is 0 Å². The van der Waals surface area contributed by atoms with Crippen molar-refractivity contribution in [3.8, 4) is 6.07 Å². The number of hydrogen-bond donors (Lipinski definition) is 0. The van der Waals surface area contributed by atoms with Crippen LogP contribution < -0.4 is 0 Å². The van der Waals surface area contributed by atoms with Gasteiger partial charge in [-0.15, -0.1) is 0 Å². The molecule has 0 bridgehead atoms. The predicted octanol–water partition coefficient (Wildman–Crippen LogP) is 4.22. The van der Waals surface area contributed by atoms with E-state index in [-0.39, 0.29) is 5.41 Å². The van der Waals surface area contributed by atoms with E-state index < -0.39 is 17.2 Å². The van der Waals surface area contributed by atoms with Gasteiger partial charge in [-0.05, 0) is 49.3 Å². The summed E-state index contributed by atoms with van der Waals surface area (Å²) < 4.78 is 27.3. The Bertz CT molecular complexity index is 531. The zero-order valence-electron chi connectivity index (χ0n) is 10.6. The monoisotopic (exact) mass is 247 g/mol. The molecule has 0 radical (unpaired) electrons. The first-order valence-electron chi connectivity index (χ1n) is 6.01. The van der Waals surface area contributed by atoms with Gasteiger partial charge in [0.25, 0.3) is 0 Å². The van der Waals surface area contributed by atoms with Gasteiger partial charge in [-0.2, -0.15) is 5.26 Å². The van der Waals surface area contributed by atoms with Crippen LogP contribution in [0.1, 0.15) is 44.2 Å². The highest BCUT2D eigenvalue weighted by Gasteiger charge is 2.29. The molecule has 1 aromatic carbocycles. The minimum Gasteiger partial charge on any atom is -0.205 e. The molecule has 0 aromatic heterocycles. The SMILES string of the molecule is CC1=CCC(C)(c2cc(F)c(C#N)c(F)c2)CC1. The minimum atomic E-state index is -0.764. The molecule has 18 heavy (non-hydrogen) atoms. The van der Waals surface area contributed by atoms with Gasteiger partial charge in [0.1, 0.15) is 23.3 Å². The third kappa shape index (κ3) is 2.15. The lowest BCUT2D eigenvalue weighted by Gasteiger charge is -2.33. The zero-order chi connectivity index (χ0) is 13.3. The lowest BCUT2D eigenvalue weighted by atomic mass is 9.72. The van der Waals surface area contributed by atoms with Gasteiger partial charge < -0.3 is 0 Å². The van der Waals surface area contributed by atoms with E-state index in [2.05, 4.69) is 13.0 Å². The lowest BCUT2D eigenvalue weighted by Crippen LogP contribution is -2.24. The third-order valence-corrected chi connectivity index (χ3v) is 3.82. The normalized spacial score (nSPS) is 23.4. The number of rotatable bonds is 1. The van der Waals surface area contributed by atoms with E-state index in [0.717, 1.165) is 19.3 Å². The summed E-state index contributed by atoms with van der Waals surface area (Å²) in [4.78, 5) is 0. The number of nitrogens with zero attached hydrogens (tertiary/aromatic N) is 1. The predicted molar refractivity (Wildman–Crippen MR) is 66.0 cm³/mol. The van der Waals surface area contributed by atoms with Crippen molar-refractivity contribution < 1.29 is 8.78 Å². The quantitative estimate of drug-likeness (QED) is 0.681. The minimum absolute atomic E-state index is 0.241. The summed E-state index contributed by atoms with van der Waals surface area (Å²) in [5.74, 6) is -1.53. The molecule has 0 saturated heterocycles. The van der Waals surface area contributed by atoms with Crippen LogP contribution in [0.15, 0.2) is 23.8 Å². The Labute approximate surface area is 106 Å². The Morgan fingerprint density at radius 1 is 1.28 bits per heavy atom. The average Bonchev–Trinajstić information content (AvgIpc) is 2.33. The second-order valence-electron chi connectivity index (χ2n) is 5.24. The largest absolute Gasteiger partial charge is 0.205 e. The van der Waals surface area contributed by atoms with Crippen LogP contribution in [0.2, 0.25) is 0 Å². The van der Waals surface area contributed by atoms with Crippen LogP contribution in [0.4, 0.5) is 8.78 Å². The lowest BCUT2D eigenvalue weighted by molar-refractivity contribution is 0.413. The maximum Gasteiger partial charge on any atom is 0.144 e. The molecule has 0 fully saturated rings. The Hall–Kier alpha value is -1.69. The molecule has 1 aromatic rings. The Morgan fingerprint density at radius 3 is 2.33 bits per heavy atom.